The second-order valence-electron chi connectivity index (χ2n) is 10.7. The van der Waals surface area contributed by atoms with E-state index in [0.717, 1.165) is 10.5 Å². The zero-order chi connectivity index (χ0) is 27.4. The molecule has 3 rings (SSSR count). The first-order chi connectivity index (χ1) is 17.4. The SMILES string of the molecule is CC(=O)OCC[C@@H]1[C@H](COC(C)=O)[C@@H]2CC(=O)N(C(=O)OC(C)(C)C)[C@@]1(COCc1ccccc1)[C@H]2Cl. The molecule has 1 aromatic rings. The summed E-state index contributed by atoms with van der Waals surface area (Å²) in [6, 6.07) is 9.49. The number of imide groups is 1. The van der Waals surface area contributed by atoms with E-state index in [1.54, 1.807) is 20.8 Å². The number of likely N-dealkylation sites (tertiary alicyclic amines) is 1. The second-order valence-corrected chi connectivity index (χ2v) is 11.1. The molecule has 2 fully saturated rings. The predicted molar refractivity (Wildman–Crippen MR) is 135 cm³/mol. The van der Waals surface area contributed by atoms with Crippen molar-refractivity contribution < 1.29 is 38.1 Å². The fourth-order valence-corrected chi connectivity index (χ4v) is 6.11. The van der Waals surface area contributed by atoms with Gasteiger partial charge in [-0.25, -0.2) is 9.69 Å². The molecule has 0 spiro atoms. The predicted octanol–water partition coefficient (Wildman–Crippen LogP) is 4.10. The number of piperidine rings is 1. The van der Waals surface area contributed by atoms with E-state index in [2.05, 4.69) is 0 Å². The molecule has 1 saturated carbocycles. The lowest BCUT2D eigenvalue weighted by molar-refractivity contribution is -0.148. The van der Waals surface area contributed by atoms with Crippen LogP contribution in [-0.2, 0) is 39.9 Å². The number of carbonyl (C=O) groups is 4. The van der Waals surface area contributed by atoms with Crippen molar-refractivity contribution in [3.63, 3.8) is 0 Å². The average molecular weight is 538 g/mol. The van der Waals surface area contributed by atoms with Crippen molar-refractivity contribution in [2.24, 2.45) is 17.8 Å². The number of rotatable bonds is 9. The molecule has 204 valence electrons. The third-order valence-corrected chi connectivity index (χ3v) is 7.57. The van der Waals surface area contributed by atoms with Crippen LogP contribution >= 0.6 is 11.6 Å². The lowest BCUT2D eigenvalue weighted by Crippen LogP contribution is -2.67. The smallest absolute Gasteiger partial charge is 0.417 e. The monoisotopic (exact) mass is 537 g/mol. The van der Waals surface area contributed by atoms with E-state index in [-0.39, 0.29) is 51.1 Å². The maximum Gasteiger partial charge on any atom is 0.417 e. The van der Waals surface area contributed by atoms with Gasteiger partial charge >= 0.3 is 18.0 Å². The van der Waals surface area contributed by atoms with Gasteiger partial charge in [0.05, 0.1) is 37.3 Å². The number of nitrogens with zero attached hydrogens (tertiary/aromatic N) is 1. The molecule has 0 radical (unpaired) electrons. The minimum atomic E-state index is -1.30. The van der Waals surface area contributed by atoms with Crippen LogP contribution in [0.25, 0.3) is 0 Å². The minimum absolute atomic E-state index is 0.0101. The van der Waals surface area contributed by atoms with Gasteiger partial charge in [0.15, 0.2) is 0 Å². The van der Waals surface area contributed by atoms with Gasteiger partial charge in [0.1, 0.15) is 5.60 Å². The van der Waals surface area contributed by atoms with Crippen LogP contribution in [0.5, 0.6) is 0 Å². The van der Waals surface area contributed by atoms with Gasteiger partial charge in [-0.3, -0.25) is 14.4 Å². The third-order valence-electron chi connectivity index (χ3n) is 6.87. The van der Waals surface area contributed by atoms with Crippen molar-refractivity contribution in [3.05, 3.63) is 35.9 Å². The van der Waals surface area contributed by atoms with Crippen LogP contribution < -0.4 is 0 Å². The summed E-state index contributed by atoms with van der Waals surface area (Å²) >= 11 is 7.11. The fraction of sp³-hybridized carbons (Fsp3) is 0.630. The normalized spacial score (nSPS) is 27.1. The average Bonchev–Trinajstić information content (AvgIpc) is 2.92. The van der Waals surface area contributed by atoms with Crippen LogP contribution in [0.1, 0.15) is 53.0 Å². The largest absolute Gasteiger partial charge is 0.466 e. The Kier molecular flexibility index (Phi) is 9.23. The third kappa shape index (κ3) is 6.62. The number of halogens is 1. The molecule has 37 heavy (non-hydrogen) atoms. The molecule has 1 aromatic carbocycles. The highest BCUT2D eigenvalue weighted by Crippen LogP contribution is 2.57. The van der Waals surface area contributed by atoms with E-state index in [1.807, 2.05) is 30.3 Å². The number of benzene rings is 1. The molecule has 0 aromatic heterocycles. The Labute approximate surface area is 222 Å². The Morgan fingerprint density at radius 2 is 1.73 bits per heavy atom. The summed E-state index contributed by atoms with van der Waals surface area (Å²) in [6.07, 6.45) is -0.536. The van der Waals surface area contributed by atoms with E-state index in [0.29, 0.717) is 0 Å². The van der Waals surface area contributed by atoms with E-state index in [4.69, 9.17) is 30.5 Å². The Morgan fingerprint density at radius 1 is 1.08 bits per heavy atom. The highest BCUT2D eigenvalue weighted by molar-refractivity contribution is 6.23. The van der Waals surface area contributed by atoms with Crippen LogP contribution in [0, 0.1) is 17.8 Å². The van der Waals surface area contributed by atoms with E-state index in [9.17, 15) is 19.2 Å². The first-order valence-corrected chi connectivity index (χ1v) is 12.9. The molecule has 1 saturated heterocycles. The minimum Gasteiger partial charge on any atom is -0.466 e. The summed E-state index contributed by atoms with van der Waals surface area (Å²) in [5.41, 5.74) is -1.24. The molecule has 10 heteroatoms. The van der Waals surface area contributed by atoms with Crippen LogP contribution in [0.15, 0.2) is 30.3 Å². The lowest BCUT2D eigenvalue weighted by atomic mass is 9.80. The fourth-order valence-electron chi connectivity index (χ4n) is 5.51. The van der Waals surface area contributed by atoms with Crippen molar-refractivity contribution >= 4 is 35.5 Å². The molecule has 9 nitrogen and oxygen atoms in total. The van der Waals surface area contributed by atoms with Crippen molar-refractivity contribution in [1.82, 2.24) is 4.90 Å². The molecule has 5 atom stereocenters. The Hall–Kier alpha value is -2.65. The maximum absolute atomic E-state index is 13.5. The molecule has 2 aliphatic rings. The standard InChI is InChI=1S/C27H36ClNO8/c1-17(30)35-12-11-22-21(15-36-18(2)31)20-13-23(32)29(25(33)37-26(3,4)5)27(22,24(20)28)16-34-14-19-9-7-6-8-10-19/h6-10,20-22,24H,11-16H2,1-5H3/t20-,21+,22+,24-,27+/m0/s1. The van der Waals surface area contributed by atoms with Gasteiger partial charge < -0.3 is 18.9 Å². The van der Waals surface area contributed by atoms with Gasteiger partial charge in [-0.15, -0.1) is 11.6 Å². The van der Waals surface area contributed by atoms with E-state index in [1.165, 1.54) is 13.8 Å². The molecule has 0 N–H and O–H groups in total. The molecular weight excluding hydrogens is 502 g/mol. The van der Waals surface area contributed by atoms with Crippen LogP contribution in [0.3, 0.4) is 0 Å². The summed E-state index contributed by atoms with van der Waals surface area (Å²) in [7, 11) is 0. The van der Waals surface area contributed by atoms with Crippen molar-refractivity contribution in [2.75, 3.05) is 19.8 Å². The molecule has 0 unspecified atom stereocenters. The summed E-state index contributed by atoms with van der Waals surface area (Å²) in [5, 5.41) is -0.698. The van der Waals surface area contributed by atoms with Crippen molar-refractivity contribution in [3.8, 4) is 0 Å². The second kappa shape index (κ2) is 11.8. The van der Waals surface area contributed by atoms with Crippen LogP contribution in [0.2, 0.25) is 0 Å². The highest BCUT2D eigenvalue weighted by Gasteiger charge is 2.68. The number of alkyl halides is 1. The Bertz CT molecular complexity index is 994. The zero-order valence-electron chi connectivity index (χ0n) is 22.0. The molecule has 1 heterocycles. The van der Waals surface area contributed by atoms with E-state index < -0.39 is 46.4 Å². The van der Waals surface area contributed by atoms with Gasteiger partial charge in [-0.2, -0.15) is 0 Å². The Balaban J connectivity index is 2.03. The first kappa shape index (κ1) is 28.9. The summed E-state index contributed by atoms with van der Waals surface area (Å²) < 4.78 is 22.4. The topological polar surface area (TPSA) is 108 Å². The number of hydrogen-bond donors (Lipinski definition) is 0. The number of ether oxygens (including phenoxy) is 4. The summed E-state index contributed by atoms with van der Waals surface area (Å²) in [6.45, 7) is 8.01. The number of hydrogen-bond acceptors (Lipinski definition) is 8. The van der Waals surface area contributed by atoms with Crippen molar-refractivity contribution in [2.45, 2.75) is 70.6 Å². The van der Waals surface area contributed by atoms with Crippen LogP contribution in [-0.4, -0.2) is 65.2 Å². The molecule has 1 aliphatic heterocycles. The summed E-state index contributed by atoms with van der Waals surface area (Å²) in [5.74, 6) is -2.56. The molecular formula is C27H36ClNO8. The first-order valence-electron chi connectivity index (χ1n) is 12.5. The van der Waals surface area contributed by atoms with Gasteiger partial charge in [0.2, 0.25) is 5.91 Å². The maximum atomic E-state index is 13.5. The van der Waals surface area contributed by atoms with Gasteiger partial charge in [0.25, 0.3) is 0 Å². The number of esters is 2. The molecule has 2 bridgehead atoms. The van der Waals surface area contributed by atoms with E-state index >= 15 is 0 Å². The molecule has 1 aliphatic carbocycles. The zero-order valence-corrected chi connectivity index (χ0v) is 22.8. The van der Waals surface area contributed by atoms with Crippen LogP contribution in [0.4, 0.5) is 4.79 Å². The van der Waals surface area contributed by atoms with Gasteiger partial charge in [-0.1, -0.05) is 30.3 Å². The Morgan fingerprint density at radius 3 is 2.32 bits per heavy atom. The highest BCUT2D eigenvalue weighted by atomic mass is 35.5. The summed E-state index contributed by atoms with van der Waals surface area (Å²) in [4.78, 5) is 51.3. The van der Waals surface area contributed by atoms with Gasteiger partial charge in [-0.05, 0) is 44.6 Å². The number of fused-ring (bicyclic) bond motifs is 2. The van der Waals surface area contributed by atoms with Crippen molar-refractivity contribution in [1.29, 1.82) is 0 Å². The number of amides is 2. The lowest BCUT2D eigenvalue weighted by Gasteiger charge is -2.48. The number of carbonyl (C=O) groups excluding carboxylic acids is 4. The van der Waals surface area contributed by atoms with Gasteiger partial charge in [0, 0.05) is 26.2 Å². The molecule has 2 amide bonds. The quantitative estimate of drug-likeness (QED) is 0.263.